The first-order valence-electron chi connectivity index (χ1n) is 7.31. The van der Waals surface area contributed by atoms with Crippen LogP contribution in [0.3, 0.4) is 0 Å². The third kappa shape index (κ3) is 1.68. The van der Waals surface area contributed by atoms with Crippen molar-refractivity contribution in [2.75, 3.05) is 18.9 Å². The van der Waals surface area contributed by atoms with Crippen LogP contribution in [-0.2, 0) is 17.6 Å². The van der Waals surface area contributed by atoms with Gasteiger partial charge in [0.05, 0.1) is 13.2 Å². The Balaban J connectivity index is 1.81. The molecular formula is C18H19NO. The highest BCUT2D eigenvalue weighted by Gasteiger charge is 2.26. The van der Waals surface area contributed by atoms with Crippen LogP contribution in [-0.4, -0.2) is 13.2 Å². The molecule has 0 amide bonds. The van der Waals surface area contributed by atoms with Gasteiger partial charge in [0.2, 0.25) is 0 Å². The fourth-order valence-electron chi connectivity index (χ4n) is 3.45. The summed E-state index contributed by atoms with van der Waals surface area (Å²) in [5.41, 5.74) is 15.6. The summed E-state index contributed by atoms with van der Waals surface area (Å²) in [4.78, 5) is 0. The van der Waals surface area contributed by atoms with Crippen LogP contribution < -0.4 is 5.73 Å². The van der Waals surface area contributed by atoms with E-state index in [4.69, 9.17) is 10.5 Å². The Hall–Kier alpha value is -1.80. The van der Waals surface area contributed by atoms with E-state index in [0.29, 0.717) is 5.92 Å². The first-order valence-corrected chi connectivity index (χ1v) is 7.31. The quantitative estimate of drug-likeness (QED) is 0.721. The molecule has 1 aliphatic carbocycles. The van der Waals surface area contributed by atoms with Crippen molar-refractivity contribution in [2.45, 2.75) is 19.8 Å². The molecule has 20 heavy (non-hydrogen) atoms. The molecule has 2 aromatic carbocycles. The van der Waals surface area contributed by atoms with E-state index >= 15 is 0 Å². The Bertz CT molecular complexity index is 686. The predicted molar refractivity (Wildman–Crippen MR) is 81.8 cm³/mol. The average molecular weight is 265 g/mol. The summed E-state index contributed by atoms with van der Waals surface area (Å²) >= 11 is 0. The van der Waals surface area contributed by atoms with Gasteiger partial charge in [-0.2, -0.15) is 0 Å². The molecule has 0 aromatic heterocycles. The number of nitrogen functional groups attached to an aromatic ring is 1. The van der Waals surface area contributed by atoms with E-state index < -0.39 is 0 Å². The second-order valence-corrected chi connectivity index (χ2v) is 6.05. The van der Waals surface area contributed by atoms with Crippen LogP contribution >= 0.6 is 0 Å². The van der Waals surface area contributed by atoms with E-state index in [9.17, 15) is 0 Å². The Morgan fingerprint density at radius 3 is 2.75 bits per heavy atom. The summed E-state index contributed by atoms with van der Waals surface area (Å²) in [7, 11) is 0. The van der Waals surface area contributed by atoms with Crippen molar-refractivity contribution >= 4 is 5.69 Å². The summed E-state index contributed by atoms with van der Waals surface area (Å²) in [5, 5.41) is 0. The van der Waals surface area contributed by atoms with Gasteiger partial charge in [-0.1, -0.05) is 30.3 Å². The lowest BCUT2D eigenvalue weighted by Crippen LogP contribution is -2.29. The fourth-order valence-corrected chi connectivity index (χ4v) is 3.45. The predicted octanol–water partition coefficient (Wildman–Crippen LogP) is 3.34. The summed E-state index contributed by atoms with van der Waals surface area (Å²) in [6, 6.07) is 11.0. The van der Waals surface area contributed by atoms with Crippen molar-refractivity contribution in [3.8, 4) is 11.1 Å². The maximum absolute atomic E-state index is 6.50. The Labute approximate surface area is 119 Å². The van der Waals surface area contributed by atoms with Gasteiger partial charge in [-0.15, -0.1) is 0 Å². The van der Waals surface area contributed by atoms with Gasteiger partial charge in [-0.25, -0.2) is 0 Å². The van der Waals surface area contributed by atoms with Crippen molar-refractivity contribution in [3.63, 3.8) is 0 Å². The fraction of sp³-hybridized carbons (Fsp3) is 0.333. The van der Waals surface area contributed by atoms with Crippen molar-refractivity contribution in [3.05, 3.63) is 52.6 Å². The minimum absolute atomic E-state index is 0.651. The third-order valence-corrected chi connectivity index (χ3v) is 4.69. The zero-order valence-electron chi connectivity index (χ0n) is 11.8. The smallest absolute Gasteiger partial charge is 0.0519 e. The van der Waals surface area contributed by atoms with Gasteiger partial charge >= 0.3 is 0 Å². The summed E-state index contributed by atoms with van der Waals surface area (Å²) in [5.74, 6) is 0.651. The van der Waals surface area contributed by atoms with Crippen LogP contribution in [0.4, 0.5) is 5.69 Å². The number of hydrogen-bond donors (Lipinski definition) is 1. The molecule has 2 aliphatic rings. The zero-order valence-corrected chi connectivity index (χ0v) is 11.8. The summed E-state index contributed by atoms with van der Waals surface area (Å²) < 4.78 is 5.29. The highest BCUT2D eigenvalue weighted by atomic mass is 16.5. The Morgan fingerprint density at radius 2 is 2.00 bits per heavy atom. The molecule has 0 spiro atoms. The van der Waals surface area contributed by atoms with Crippen molar-refractivity contribution < 1.29 is 4.74 Å². The van der Waals surface area contributed by atoms with Gasteiger partial charge in [0, 0.05) is 18.0 Å². The van der Waals surface area contributed by atoms with Gasteiger partial charge < -0.3 is 10.5 Å². The molecule has 2 N–H and O–H groups in total. The molecule has 0 radical (unpaired) electrons. The Morgan fingerprint density at radius 1 is 1.20 bits per heavy atom. The van der Waals surface area contributed by atoms with Crippen molar-refractivity contribution in [1.29, 1.82) is 0 Å². The highest BCUT2D eigenvalue weighted by Crippen LogP contribution is 2.42. The van der Waals surface area contributed by atoms with E-state index in [1.54, 1.807) is 0 Å². The molecule has 0 saturated carbocycles. The van der Waals surface area contributed by atoms with Gasteiger partial charge in [-0.3, -0.25) is 0 Å². The molecule has 2 nitrogen and oxygen atoms in total. The van der Waals surface area contributed by atoms with Crippen molar-refractivity contribution in [1.82, 2.24) is 0 Å². The lowest BCUT2D eigenvalue weighted by Gasteiger charge is -2.27. The molecule has 0 unspecified atom stereocenters. The normalized spacial score (nSPS) is 16.6. The Kier molecular flexibility index (Phi) is 2.61. The van der Waals surface area contributed by atoms with E-state index in [0.717, 1.165) is 31.7 Å². The molecule has 0 bridgehead atoms. The highest BCUT2D eigenvalue weighted by molar-refractivity contribution is 5.83. The number of benzene rings is 2. The maximum Gasteiger partial charge on any atom is 0.0519 e. The van der Waals surface area contributed by atoms with Gasteiger partial charge in [0.25, 0.3) is 0 Å². The van der Waals surface area contributed by atoms with Crippen LogP contribution in [0.5, 0.6) is 0 Å². The zero-order chi connectivity index (χ0) is 13.7. The monoisotopic (exact) mass is 265 g/mol. The van der Waals surface area contributed by atoms with Crippen LogP contribution in [0.1, 0.15) is 22.3 Å². The summed E-state index contributed by atoms with van der Waals surface area (Å²) in [6.07, 6.45) is 2.03. The number of aryl methyl sites for hydroxylation is 1. The van der Waals surface area contributed by atoms with Crippen LogP contribution in [0.2, 0.25) is 0 Å². The summed E-state index contributed by atoms with van der Waals surface area (Å²) in [6.45, 7) is 3.96. The lowest BCUT2D eigenvalue weighted by molar-refractivity contribution is -0.0312. The lowest BCUT2D eigenvalue weighted by atomic mass is 9.89. The van der Waals surface area contributed by atoms with Crippen LogP contribution in [0.15, 0.2) is 30.3 Å². The molecule has 0 atom stereocenters. The molecule has 102 valence electrons. The van der Waals surface area contributed by atoms with Crippen LogP contribution in [0.25, 0.3) is 11.1 Å². The number of anilines is 1. The average Bonchev–Trinajstić information content (AvgIpc) is 2.76. The minimum Gasteiger partial charge on any atom is -0.398 e. The molecule has 2 heteroatoms. The number of nitrogens with two attached hydrogens (primary N) is 1. The molecule has 4 rings (SSSR count). The standard InChI is InChI=1S/C18H19NO/c1-11-6-16-14-5-3-2-4-13(14)8-17(16)18(19)15(11)7-12-9-20-10-12/h2-6,12H,7-10,19H2,1H3. The van der Waals surface area contributed by atoms with Crippen molar-refractivity contribution in [2.24, 2.45) is 5.92 Å². The van der Waals surface area contributed by atoms with Gasteiger partial charge in [0.15, 0.2) is 0 Å². The molecule has 2 aromatic rings. The van der Waals surface area contributed by atoms with E-state index in [-0.39, 0.29) is 0 Å². The van der Waals surface area contributed by atoms with E-state index in [2.05, 4.69) is 37.3 Å². The number of ether oxygens (including phenoxy) is 1. The maximum atomic E-state index is 6.50. The molecule has 1 heterocycles. The van der Waals surface area contributed by atoms with E-state index in [1.807, 2.05) is 0 Å². The van der Waals surface area contributed by atoms with E-state index in [1.165, 1.54) is 33.4 Å². The number of rotatable bonds is 2. The third-order valence-electron chi connectivity index (χ3n) is 4.69. The van der Waals surface area contributed by atoms with Gasteiger partial charge in [-0.05, 0) is 46.7 Å². The largest absolute Gasteiger partial charge is 0.398 e. The number of hydrogen-bond acceptors (Lipinski definition) is 2. The van der Waals surface area contributed by atoms with Gasteiger partial charge in [0.1, 0.15) is 0 Å². The van der Waals surface area contributed by atoms with Crippen LogP contribution in [0, 0.1) is 12.8 Å². The molecule has 1 saturated heterocycles. The molecular weight excluding hydrogens is 246 g/mol. The number of fused-ring (bicyclic) bond motifs is 3. The first kappa shape index (κ1) is 12.0. The SMILES string of the molecule is Cc1cc2c(c(N)c1CC1COC1)Cc1ccccc1-2. The second-order valence-electron chi connectivity index (χ2n) is 6.05. The first-order chi connectivity index (χ1) is 9.74. The molecule has 1 aliphatic heterocycles. The molecule has 1 fully saturated rings. The topological polar surface area (TPSA) is 35.2 Å². The minimum atomic E-state index is 0.651. The second kappa shape index (κ2) is 4.35.